The van der Waals surface area contributed by atoms with E-state index in [1.807, 2.05) is 18.2 Å². The molecule has 29 heavy (non-hydrogen) atoms. The summed E-state index contributed by atoms with van der Waals surface area (Å²) in [5.41, 5.74) is 2.21. The Morgan fingerprint density at radius 1 is 0.931 bits per heavy atom. The molecule has 0 amide bonds. The normalized spacial score (nSPS) is 13.5. The molecular weight excluding hydrogens is 396 g/mol. The first-order chi connectivity index (χ1) is 14.0. The van der Waals surface area contributed by atoms with E-state index in [-0.39, 0.29) is 17.3 Å². The third kappa shape index (κ3) is 3.17. The third-order valence-electron chi connectivity index (χ3n) is 4.66. The van der Waals surface area contributed by atoms with Crippen LogP contribution in [0.15, 0.2) is 64.6 Å². The number of fused-ring (bicyclic) bond motifs is 2. The van der Waals surface area contributed by atoms with Gasteiger partial charge in [0.15, 0.2) is 11.7 Å². The van der Waals surface area contributed by atoms with Crippen LogP contribution in [0.1, 0.15) is 11.1 Å². The number of amidine groups is 1. The second-order valence-electron chi connectivity index (χ2n) is 6.68. The van der Waals surface area contributed by atoms with Crippen molar-refractivity contribution in [3.63, 3.8) is 0 Å². The molecule has 4 aromatic rings. The van der Waals surface area contributed by atoms with Gasteiger partial charge in [-0.05, 0) is 47.7 Å². The molecule has 0 radical (unpaired) electrons. The van der Waals surface area contributed by atoms with Crippen molar-refractivity contribution >= 4 is 40.1 Å². The largest absolute Gasteiger partial charge is 0.494 e. The second kappa shape index (κ2) is 6.53. The van der Waals surface area contributed by atoms with E-state index >= 15 is 0 Å². The summed E-state index contributed by atoms with van der Waals surface area (Å²) in [4.78, 5) is 11.7. The van der Waals surface area contributed by atoms with Crippen molar-refractivity contribution in [3.8, 4) is 5.88 Å². The van der Waals surface area contributed by atoms with Crippen LogP contribution in [0.2, 0.25) is 5.02 Å². The minimum absolute atomic E-state index is 0.0341. The summed E-state index contributed by atoms with van der Waals surface area (Å²) in [6, 6.07) is 13.9. The van der Waals surface area contributed by atoms with Gasteiger partial charge in [0.1, 0.15) is 11.6 Å². The molecule has 0 aliphatic carbocycles. The number of aliphatic imine (C=N–C) groups is 1. The average Bonchev–Trinajstić information content (AvgIpc) is 3.21. The molecule has 5 rings (SSSR count). The predicted octanol–water partition coefficient (Wildman–Crippen LogP) is 4.35. The van der Waals surface area contributed by atoms with Crippen LogP contribution >= 0.6 is 11.6 Å². The third-order valence-corrected chi connectivity index (χ3v) is 4.90. The zero-order chi connectivity index (χ0) is 20.1. The number of aromatic hydroxyl groups is 1. The van der Waals surface area contributed by atoms with Crippen molar-refractivity contribution in [3.05, 3.63) is 93.0 Å². The molecule has 3 aromatic carbocycles. The van der Waals surface area contributed by atoms with Gasteiger partial charge in [0, 0.05) is 27.6 Å². The lowest BCUT2D eigenvalue weighted by Gasteiger charge is -1.98. The first kappa shape index (κ1) is 17.6. The SMILES string of the molecule is Oc1[nH]c2cc(Cl)ccc2c1C=c1ccc2c(c1)N=C(c1cc(F)cc(F)c1)N=2. The zero-order valence-electron chi connectivity index (χ0n) is 14.7. The van der Waals surface area contributed by atoms with E-state index in [0.29, 0.717) is 21.6 Å². The Hall–Kier alpha value is -3.51. The molecule has 1 aliphatic heterocycles. The van der Waals surface area contributed by atoms with E-state index in [1.165, 1.54) is 12.1 Å². The summed E-state index contributed by atoms with van der Waals surface area (Å²) in [5, 5.41) is 13.1. The second-order valence-corrected chi connectivity index (χ2v) is 7.11. The van der Waals surface area contributed by atoms with Gasteiger partial charge in [0.05, 0.1) is 16.6 Å². The molecule has 142 valence electrons. The molecule has 2 N–H and O–H groups in total. The minimum Gasteiger partial charge on any atom is -0.494 e. The minimum atomic E-state index is -0.683. The maximum atomic E-state index is 13.5. The van der Waals surface area contributed by atoms with Crippen molar-refractivity contribution in [2.24, 2.45) is 9.98 Å². The van der Waals surface area contributed by atoms with Gasteiger partial charge in [0.2, 0.25) is 0 Å². The van der Waals surface area contributed by atoms with E-state index in [1.54, 1.807) is 24.3 Å². The van der Waals surface area contributed by atoms with E-state index in [0.717, 1.165) is 22.2 Å². The molecule has 0 atom stereocenters. The van der Waals surface area contributed by atoms with E-state index < -0.39 is 11.6 Å². The Labute approximate surface area is 168 Å². The van der Waals surface area contributed by atoms with Gasteiger partial charge in [-0.2, -0.15) is 0 Å². The Balaban J connectivity index is 1.60. The average molecular weight is 408 g/mol. The molecule has 0 unspecified atom stereocenters. The fourth-order valence-corrected chi connectivity index (χ4v) is 3.54. The molecule has 2 heterocycles. The molecule has 1 aliphatic rings. The molecular formula is C22H12ClF2N3O. The van der Waals surface area contributed by atoms with E-state index in [4.69, 9.17) is 11.6 Å². The fraction of sp³-hybridized carbons (Fsp3) is 0. The monoisotopic (exact) mass is 407 g/mol. The Bertz CT molecular complexity index is 1440. The van der Waals surface area contributed by atoms with Crippen molar-refractivity contribution in [1.29, 1.82) is 0 Å². The van der Waals surface area contributed by atoms with Gasteiger partial charge in [0.25, 0.3) is 0 Å². The lowest BCUT2D eigenvalue weighted by Crippen LogP contribution is -2.07. The molecule has 0 spiro atoms. The number of benzene rings is 3. The van der Waals surface area contributed by atoms with Crippen molar-refractivity contribution in [2.45, 2.75) is 0 Å². The predicted molar refractivity (Wildman–Crippen MR) is 108 cm³/mol. The number of rotatable bonds is 2. The highest BCUT2D eigenvalue weighted by molar-refractivity contribution is 6.31. The summed E-state index contributed by atoms with van der Waals surface area (Å²) >= 11 is 6.00. The number of aromatic amines is 1. The van der Waals surface area contributed by atoms with Crippen molar-refractivity contribution in [2.75, 3.05) is 0 Å². The van der Waals surface area contributed by atoms with Crippen molar-refractivity contribution < 1.29 is 13.9 Å². The van der Waals surface area contributed by atoms with Gasteiger partial charge in [-0.15, -0.1) is 0 Å². The standard InChI is InChI=1S/C22H12ClF2N3O/c23-13-2-3-16-17(22(29)28-19(16)9-13)5-11-1-4-18-20(6-11)27-21(26-18)12-7-14(24)10-15(25)8-12/h1-10,28-29H. The molecule has 4 nitrogen and oxygen atoms in total. The van der Waals surface area contributed by atoms with E-state index in [2.05, 4.69) is 15.0 Å². The number of nitrogens with zero attached hydrogens (tertiary/aromatic N) is 2. The van der Waals surface area contributed by atoms with Gasteiger partial charge in [-0.1, -0.05) is 23.7 Å². The summed E-state index contributed by atoms with van der Waals surface area (Å²) in [6.45, 7) is 0. The molecule has 0 saturated carbocycles. The van der Waals surface area contributed by atoms with Gasteiger partial charge >= 0.3 is 0 Å². The summed E-state index contributed by atoms with van der Waals surface area (Å²) < 4.78 is 27.0. The highest BCUT2D eigenvalue weighted by Crippen LogP contribution is 2.29. The maximum Gasteiger partial charge on any atom is 0.196 e. The summed E-state index contributed by atoms with van der Waals surface area (Å²) in [7, 11) is 0. The number of nitrogens with one attached hydrogen (secondary N) is 1. The van der Waals surface area contributed by atoms with Crippen LogP contribution < -0.4 is 10.6 Å². The van der Waals surface area contributed by atoms with Crippen LogP contribution in [0.5, 0.6) is 5.88 Å². The number of aromatic nitrogens is 1. The number of hydrogen-bond donors (Lipinski definition) is 2. The number of hydrogen-bond acceptors (Lipinski definition) is 3. The first-order valence-corrected chi connectivity index (χ1v) is 9.10. The highest BCUT2D eigenvalue weighted by Gasteiger charge is 2.13. The molecule has 7 heteroatoms. The lowest BCUT2D eigenvalue weighted by molar-refractivity contribution is 0.457. The quantitative estimate of drug-likeness (QED) is 0.510. The van der Waals surface area contributed by atoms with Crippen LogP contribution in [0.25, 0.3) is 17.0 Å². The first-order valence-electron chi connectivity index (χ1n) is 8.72. The zero-order valence-corrected chi connectivity index (χ0v) is 15.5. The smallest absolute Gasteiger partial charge is 0.196 e. The van der Waals surface area contributed by atoms with Gasteiger partial charge in [-0.25, -0.2) is 18.8 Å². The fourth-order valence-electron chi connectivity index (χ4n) is 3.37. The highest BCUT2D eigenvalue weighted by atomic mass is 35.5. The number of H-pyrrole nitrogens is 1. The Morgan fingerprint density at radius 2 is 1.72 bits per heavy atom. The topological polar surface area (TPSA) is 60.7 Å². The van der Waals surface area contributed by atoms with Crippen LogP contribution in [0, 0.1) is 11.6 Å². The lowest BCUT2D eigenvalue weighted by atomic mass is 10.1. The van der Waals surface area contributed by atoms with E-state index in [9.17, 15) is 13.9 Å². The van der Waals surface area contributed by atoms with Crippen LogP contribution in [-0.4, -0.2) is 15.9 Å². The summed E-state index contributed by atoms with van der Waals surface area (Å²) in [5.74, 6) is -1.08. The number of halogens is 3. The van der Waals surface area contributed by atoms with Gasteiger partial charge in [-0.3, -0.25) is 0 Å². The Morgan fingerprint density at radius 3 is 2.52 bits per heavy atom. The Kier molecular flexibility index (Phi) is 3.96. The molecule has 1 aromatic heterocycles. The van der Waals surface area contributed by atoms with Crippen LogP contribution in [0.4, 0.5) is 14.5 Å². The summed E-state index contributed by atoms with van der Waals surface area (Å²) in [6.07, 6.45) is 1.82. The van der Waals surface area contributed by atoms with Crippen LogP contribution in [0.3, 0.4) is 0 Å². The van der Waals surface area contributed by atoms with Crippen LogP contribution in [-0.2, 0) is 0 Å². The van der Waals surface area contributed by atoms with Gasteiger partial charge < -0.3 is 10.1 Å². The van der Waals surface area contributed by atoms with Crippen molar-refractivity contribution in [1.82, 2.24) is 4.98 Å². The molecule has 0 fully saturated rings. The maximum absolute atomic E-state index is 13.5. The molecule has 0 bridgehead atoms. The molecule has 0 saturated heterocycles.